The zero-order valence-corrected chi connectivity index (χ0v) is 7.90. The van der Waals surface area contributed by atoms with Gasteiger partial charge in [-0.25, -0.2) is 4.99 Å². The number of nitrogens with two attached hydrogens (primary N) is 1. The molecule has 3 nitrogen and oxygen atoms in total. The second-order valence-corrected chi connectivity index (χ2v) is 4.01. The molecule has 0 aromatic rings. The van der Waals surface area contributed by atoms with E-state index in [1.807, 2.05) is 4.90 Å². The van der Waals surface area contributed by atoms with Gasteiger partial charge in [0.1, 0.15) is 5.84 Å². The van der Waals surface area contributed by atoms with Gasteiger partial charge in [-0.2, -0.15) is 0 Å². The maximum absolute atomic E-state index is 5.53. The van der Waals surface area contributed by atoms with Crippen molar-refractivity contribution in [2.24, 2.45) is 10.7 Å². The molecule has 4 heteroatoms. The van der Waals surface area contributed by atoms with Gasteiger partial charge in [0.15, 0.2) is 5.11 Å². The van der Waals surface area contributed by atoms with Crippen LogP contribution >= 0.6 is 12.2 Å². The zero-order valence-electron chi connectivity index (χ0n) is 7.09. The van der Waals surface area contributed by atoms with Gasteiger partial charge in [-0.05, 0) is 33.0 Å². The molecule has 0 bridgehead atoms. The first-order valence-electron chi connectivity index (χ1n) is 3.56. The van der Waals surface area contributed by atoms with Gasteiger partial charge < -0.3 is 10.6 Å². The zero-order chi connectivity index (χ0) is 8.65. The molecule has 1 rings (SSSR count). The third kappa shape index (κ3) is 1.68. The molecule has 0 fully saturated rings. The molecule has 1 aliphatic rings. The van der Waals surface area contributed by atoms with Crippen LogP contribution in [0.4, 0.5) is 0 Å². The second-order valence-electron chi connectivity index (χ2n) is 3.64. The number of hydrogen-bond donors (Lipinski definition) is 1. The standard InChI is InChI=1S/C7H13N3S/c1-7(2,3)10-4-5(8)9-6(10)11/h4H2,1-3H3,(H2,8,9,11). The van der Waals surface area contributed by atoms with Crippen molar-refractivity contribution in [3.8, 4) is 0 Å². The van der Waals surface area contributed by atoms with Crippen molar-refractivity contribution in [2.45, 2.75) is 26.3 Å². The predicted octanol–water partition coefficient (Wildman–Crippen LogP) is 0.743. The summed E-state index contributed by atoms with van der Waals surface area (Å²) in [5, 5.41) is 0.606. The Morgan fingerprint density at radius 3 is 2.27 bits per heavy atom. The van der Waals surface area contributed by atoms with Crippen LogP contribution in [0.5, 0.6) is 0 Å². The molecular formula is C7H13N3S. The van der Waals surface area contributed by atoms with Crippen molar-refractivity contribution < 1.29 is 0 Å². The fraction of sp³-hybridized carbons (Fsp3) is 0.714. The molecule has 0 spiro atoms. The van der Waals surface area contributed by atoms with Crippen molar-refractivity contribution >= 4 is 23.2 Å². The number of thiocarbonyl (C=S) groups is 1. The maximum Gasteiger partial charge on any atom is 0.197 e. The SMILES string of the molecule is CC(C)(C)N1CC(N)=NC1=S. The van der Waals surface area contributed by atoms with E-state index < -0.39 is 0 Å². The largest absolute Gasteiger partial charge is 0.386 e. The summed E-state index contributed by atoms with van der Waals surface area (Å²) in [4.78, 5) is 6.00. The quantitative estimate of drug-likeness (QED) is 0.547. The molecule has 2 N–H and O–H groups in total. The second kappa shape index (κ2) is 2.44. The first-order chi connectivity index (χ1) is 4.91. The van der Waals surface area contributed by atoms with E-state index >= 15 is 0 Å². The van der Waals surface area contributed by atoms with Crippen LogP contribution in [0, 0.1) is 0 Å². The number of hydrogen-bond acceptors (Lipinski definition) is 2. The minimum Gasteiger partial charge on any atom is -0.386 e. The summed E-state index contributed by atoms with van der Waals surface area (Å²) in [6, 6.07) is 0. The van der Waals surface area contributed by atoms with E-state index in [2.05, 4.69) is 25.8 Å². The average molecular weight is 171 g/mol. The Balaban J connectivity index is 2.75. The lowest BCUT2D eigenvalue weighted by atomic mass is 10.1. The molecule has 0 atom stereocenters. The molecule has 0 unspecified atom stereocenters. The van der Waals surface area contributed by atoms with Crippen LogP contribution in [0.1, 0.15) is 20.8 Å². The third-order valence-corrected chi connectivity index (χ3v) is 1.91. The van der Waals surface area contributed by atoms with Crippen LogP contribution in [-0.2, 0) is 0 Å². The molecule has 0 aromatic carbocycles. The Hall–Kier alpha value is -0.640. The topological polar surface area (TPSA) is 41.6 Å². The summed E-state index contributed by atoms with van der Waals surface area (Å²) in [6.45, 7) is 6.94. The monoisotopic (exact) mass is 171 g/mol. The van der Waals surface area contributed by atoms with E-state index in [0.717, 1.165) is 0 Å². The Bertz CT molecular complexity index is 214. The smallest absolute Gasteiger partial charge is 0.197 e. The van der Waals surface area contributed by atoms with Crippen LogP contribution in [0.3, 0.4) is 0 Å². The lowest BCUT2D eigenvalue weighted by Crippen LogP contribution is -2.43. The van der Waals surface area contributed by atoms with E-state index in [-0.39, 0.29) is 5.54 Å². The van der Waals surface area contributed by atoms with E-state index in [4.69, 9.17) is 18.0 Å². The van der Waals surface area contributed by atoms with Gasteiger partial charge in [-0.15, -0.1) is 0 Å². The highest BCUT2D eigenvalue weighted by Crippen LogP contribution is 2.17. The summed E-state index contributed by atoms with van der Waals surface area (Å²) in [5.74, 6) is 0.616. The molecule has 11 heavy (non-hydrogen) atoms. The number of aliphatic imine (C=N–C) groups is 1. The van der Waals surface area contributed by atoms with Crippen LogP contribution in [-0.4, -0.2) is 27.9 Å². The Kier molecular flexibility index (Phi) is 1.88. The van der Waals surface area contributed by atoms with E-state index in [0.29, 0.717) is 17.5 Å². The highest BCUT2D eigenvalue weighted by atomic mass is 32.1. The molecule has 0 radical (unpaired) electrons. The summed E-state index contributed by atoms with van der Waals surface area (Å²) >= 11 is 5.02. The molecule has 1 aliphatic heterocycles. The fourth-order valence-electron chi connectivity index (χ4n) is 0.972. The van der Waals surface area contributed by atoms with Crippen LogP contribution in [0.2, 0.25) is 0 Å². The minimum atomic E-state index is 0.0295. The molecule has 1 heterocycles. The molecule has 0 amide bonds. The van der Waals surface area contributed by atoms with Crippen molar-refractivity contribution in [2.75, 3.05) is 6.54 Å². The maximum atomic E-state index is 5.53. The predicted molar refractivity (Wildman–Crippen MR) is 50.7 cm³/mol. The lowest BCUT2D eigenvalue weighted by Gasteiger charge is -2.32. The van der Waals surface area contributed by atoms with Crippen LogP contribution in [0.25, 0.3) is 0 Å². The molecule has 62 valence electrons. The number of nitrogens with zero attached hydrogens (tertiary/aromatic N) is 2. The Labute approximate surface area is 72.3 Å². The normalized spacial score (nSPS) is 19.0. The van der Waals surface area contributed by atoms with Crippen molar-refractivity contribution in [3.63, 3.8) is 0 Å². The van der Waals surface area contributed by atoms with Gasteiger partial charge in [0.2, 0.25) is 0 Å². The summed E-state index contributed by atoms with van der Waals surface area (Å²) in [7, 11) is 0. The van der Waals surface area contributed by atoms with Gasteiger partial charge in [0, 0.05) is 5.54 Å². The van der Waals surface area contributed by atoms with Crippen molar-refractivity contribution in [1.29, 1.82) is 0 Å². The van der Waals surface area contributed by atoms with Crippen LogP contribution in [0.15, 0.2) is 4.99 Å². The Morgan fingerprint density at radius 2 is 2.09 bits per heavy atom. The first kappa shape index (κ1) is 8.46. The molecule has 0 saturated heterocycles. The highest BCUT2D eigenvalue weighted by molar-refractivity contribution is 7.80. The van der Waals surface area contributed by atoms with Gasteiger partial charge in [-0.1, -0.05) is 0 Å². The van der Waals surface area contributed by atoms with Crippen molar-refractivity contribution in [3.05, 3.63) is 0 Å². The molecular weight excluding hydrogens is 158 g/mol. The summed E-state index contributed by atoms with van der Waals surface area (Å²) in [5.41, 5.74) is 5.56. The third-order valence-electron chi connectivity index (χ3n) is 1.60. The van der Waals surface area contributed by atoms with E-state index in [1.165, 1.54) is 0 Å². The van der Waals surface area contributed by atoms with E-state index in [1.54, 1.807) is 0 Å². The average Bonchev–Trinajstić information content (AvgIpc) is 2.08. The molecule has 0 saturated carbocycles. The summed E-state index contributed by atoms with van der Waals surface area (Å²) < 4.78 is 0. The number of amidine groups is 1. The van der Waals surface area contributed by atoms with Gasteiger partial charge in [0.05, 0.1) is 6.54 Å². The van der Waals surface area contributed by atoms with Gasteiger partial charge in [-0.3, -0.25) is 0 Å². The Morgan fingerprint density at radius 1 is 1.55 bits per heavy atom. The molecule has 0 aliphatic carbocycles. The van der Waals surface area contributed by atoms with Gasteiger partial charge in [0.25, 0.3) is 0 Å². The van der Waals surface area contributed by atoms with E-state index in [9.17, 15) is 0 Å². The van der Waals surface area contributed by atoms with Crippen molar-refractivity contribution in [1.82, 2.24) is 4.90 Å². The highest BCUT2D eigenvalue weighted by Gasteiger charge is 2.28. The fourth-order valence-corrected chi connectivity index (χ4v) is 1.43. The lowest BCUT2D eigenvalue weighted by molar-refractivity contribution is 0.273. The minimum absolute atomic E-state index is 0.0295. The molecule has 0 aromatic heterocycles. The first-order valence-corrected chi connectivity index (χ1v) is 3.97. The van der Waals surface area contributed by atoms with Crippen LogP contribution < -0.4 is 5.73 Å². The van der Waals surface area contributed by atoms with Gasteiger partial charge >= 0.3 is 0 Å². The number of rotatable bonds is 0. The summed E-state index contributed by atoms with van der Waals surface area (Å²) in [6.07, 6.45) is 0.